The first kappa shape index (κ1) is 24.2. The maximum absolute atomic E-state index is 14.2. The van der Waals surface area contributed by atoms with Crippen LogP contribution in [0, 0.1) is 11.8 Å². The van der Waals surface area contributed by atoms with Crippen LogP contribution in [0.1, 0.15) is 54.2 Å². The molecule has 4 aliphatic rings. The molecular weight excluding hydrogens is 538 g/mol. The Balaban J connectivity index is 1.42. The Hall–Kier alpha value is -2.16. The summed E-state index contributed by atoms with van der Waals surface area (Å²) in [5.41, 5.74) is 3.03. The van der Waals surface area contributed by atoms with E-state index in [9.17, 15) is 9.59 Å². The molecule has 2 fully saturated rings. The molecule has 2 aliphatic carbocycles. The number of carbonyl (C=O) groups is 2. The van der Waals surface area contributed by atoms with Crippen LogP contribution in [0.3, 0.4) is 0 Å². The molecule has 1 N–H and O–H groups in total. The summed E-state index contributed by atoms with van der Waals surface area (Å²) in [5.74, 6) is 1.69. The third kappa shape index (κ3) is 4.11. The summed E-state index contributed by atoms with van der Waals surface area (Å²) in [6.07, 6.45) is 9.29. The monoisotopic (exact) mass is 569 g/mol. The third-order valence-corrected chi connectivity index (χ3v) is 9.88. The van der Waals surface area contributed by atoms with Gasteiger partial charge in [0.05, 0.1) is 11.6 Å². The highest BCUT2D eigenvalue weighted by molar-refractivity contribution is 9.11. The molecule has 2 aromatic heterocycles. The number of ether oxygens (including phenoxy) is 1. The molecule has 6 rings (SSSR count). The molecule has 1 saturated heterocycles. The highest BCUT2D eigenvalue weighted by Gasteiger charge is 2.41. The first-order valence-electron chi connectivity index (χ1n) is 13.0. The van der Waals surface area contributed by atoms with Gasteiger partial charge in [-0.05, 0) is 77.7 Å². The summed E-state index contributed by atoms with van der Waals surface area (Å²) in [4.78, 5) is 30.7. The highest BCUT2D eigenvalue weighted by Crippen LogP contribution is 2.47. The van der Waals surface area contributed by atoms with Gasteiger partial charge in [0.2, 0.25) is 0 Å². The molecule has 36 heavy (non-hydrogen) atoms. The van der Waals surface area contributed by atoms with Gasteiger partial charge in [0, 0.05) is 47.6 Å². The lowest BCUT2D eigenvalue weighted by Gasteiger charge is -2.36. The van der Waals surface area contributed by atoms with Crippen LogP contribution in [0.2, 0.25) is 0 Å². The predicted molar refractivity (Wildman–Crippen MR) is 145 cm³/mol. The first-order valence-corrected chi connectivity index (χ1v) is 14.7. The Bertz CT molecular complexity index is 1230. The minimum atomic E-state index is -0.381. The van der Waals surface area contributed by atoms with Crippen LogP contribution in [-0.2, 0) is 16.1 Å². The van der Waals surface area contributed by atoms with Gasteiger partial charge in [-0.25, -0.2) is 0 Å². The molecule has 0 bridgehead atoms. The Morgan fingerprint density at radius 1 is 1.17 bits per heavy atom. The van der Waals surface area contributed by atoms with E-state index < -0.39 is 0 Å². The molecule has 0 aromatic carbocycles. The van der Waals surface area contributed by atoms with Crippen molar-refractivity contribution in [2.24, 2.45) is 11.8 Å². The fourth-order valence-electron chi connectivity index (χ4n) is 6.19. The Labute approximate surface area is 224 Å². The number of hydrogen-bond acceptors (Lipinski definition) is 5. The number of Topliss-reactive ketones (excluding diaryl/α,β-unsaturated/α-hetero) is 1. The number of thiophene rings is 1. The molecule has 3 atom stereocenters. The molecule has 0 spiro atoms. The van der Waals surface area contributed by atoms with Gasteiger partial charge < -0.3 is 19.5 Å². The summed E-state index contributed by atoms with van der Waals surface area (Å²) in [5, 5.41) is 5.50. The van der Waals surface area contributed by atoms with Crippen molar-refractivity contribution in [3.8, 4) is 10.4 Å². The number of amides is 1. The first-order chi connectivity index (χ1) is 17.6. The van der Waals surface area contributed by atoms with Gasteiger partial charge in [-0.2, -0.15) is 0 Å². The van der Waals surface area contributed by atoms with Crippen LogP contribution in [0.25, 0.3) is 10.4 Å². The average Bonchev–Trinajstić information content (AvgIpc) is 3.44. The van der Waals surface area contributed by atoms with Crippen molar-refractivity contribution in [1.82, 2.24) is 14.8 Å². The number of nitrogens with one attached hydrogen (secondary N) is 1. The summed E-state index contributed by atoms with van der Waals surface area (Å²) < 4.78 is 8.78. The number of rotatable bonds is 5. The Morgan fingerprint density at radius 3 is 2.75 bits per heavy atom. The number of hydrogen-bond donors (Lipinski definition) is 1. The molecule has 2 aromatic rings. The number of fused-ring (bicyclic) bond motifs is 3. The van der Waals surface area contributed by atoms with Crippen molar-refractivity contribution < 1.29 is 14.3 Å². The van der Waals surface area contributed by atoms with E-state index in [1.165, 1.54) is 10.6 Å². The zero-order chi connectivity index (χ0) is 24.8. The molecule has 3 unspecified atom stereocenters. The second kappa shape index (κ2) is 9.95. The summed E-state index contributed by atoms with van der Waals surface area (Å²) >= 11 is 5.40. The molecule has 8 heteroatoms. The van der Waals surface area contributed by atoms with E-state index in [4.69, 9.17) is 4.74 Å². The summed E-state index contributed by atoms with van der Waals surface area (Å²) in [6.45, 7) is 2.77. The lowest BCUT2D eigenvalue weighted by molar-refractivity contribution is -0.129. The average molecular weight is 571 g/mol. The number of nitrogens with zero attached hydrogens (tertiary/aromatic N) is 2. The smallest absolute Gasteiger partial charge is 0.271 e. The SMILES string of the molecule is COC1=CC2CCn3c(C(=O)N4CCCNCC4C(=O)C4CCC4)cc(-c4cccs4)c3C2C=C1Br. The molecule has 2 aliphatic heterocycles. The Kier molecular flexibility index (Phi) is 6.69. The van der Waals surface area contributed by atoms with Crippen molar-refractivity contribution in [3.63, 3.8) is 0 Å². The lowest BCUT2D eigenvalue weighted by atomic mass is 9.79. The van der Waals surface area contributed by atoms with Gasteiger partial charge in [0.1, 0.15) is 17.5 Å². The van der Waals surface area contributed by atoms with Gasteiger partial charge in [0.15, 0.2) is 5.78 Å². The van der Waals surface area contributed by atoms with E-state index in [2.05, 4.69) is 61.5 Å². The summed E-state index contributed by atoms with van der Waals surface area (Å²) in [7, 11) is 1.71. The second-order valence-electron chi connectivity index (χ2n) is 10.3. The van der Waals surface area contributed by atoms with Crippen LogP contribution in [0.15, 0.2) is 46.0 Å². The Morgan fingerprint density at radius 2 is 2.03 bits per heavy atom. The second-order valence-corrected chi connectivity index (χ2v) is 12.1. The van der Waals surface area contributed by atoms with E-state index in [0.29, 0.717) is 24.7 Å². The van der Waals surface area contributed by atoms with Crippen molar-refractivity contribution in [3.05, 3.63) is 57.4 Å². The maximum atomic E-state index is 14.2. The van der Waals surface area contributed by atoms with E-state index in [1.807, 2.05) is 4.90 Å². The van der Waals surface area contributed by atoms with Gasteiger partial charge in [0.25, 0.3) is 5.91 Å². The zero-order valence-electron chi connectivity index (χ0n) is 20.5. The van der Waals surface area contributed by atoms with E-state index >= 15 is 0 Å². The van der Waals surface area contributed by atoms with Crippen LogP contribution in [-0.4, -0.2) is 53.9 Å². The molecule has 1 saturated carbocycles. The number of aromatic nitrogens is 1. The molecule has 4 heterocycles. The number of allylic oxidation sites excluding steroid dienone is 3. The molecule has 0 radical (unpaired) electrons. The van der Waals surface area contributed by atoms with Crippen molar-refractivity contribution in [2.75, 3.05) is 26.7 Å². The molecule has 6 nitrogen and oxygen atoms in total. The van der Waals surface area contributed by atoms with Crippen molar-refractivity contribution >= 4 is 39.0 Å². The van der Waals surface area contributed by atoms with Crippen molar-refractivity contribution in [2.45, 2.75) is 50.6 Å². The van der Waals surface area contributed by atoms with Crippen LogP contribution in [0.5, 0.6) is 0 Å². The topological polar surface area (TPSA) is 63.6 Å². The minimum Gasteiger partial charge on any atom is -0.496 e. The summed E-state index contributed by atoms with van der Waals surface area (Å²) in [6, 6.07) is 5.91. The molecular formula is C28H32BrN3O3S. The normalized spacial score (nSPS) is 26.2. The van der Waals surface area contributed by atoms with Gasteiger partial charge in [-0.3, -0.25) is 9.59 Å². The highest BCUT2D eigenvalue weighted by atomic mass is 79.9. The van der Waals surface area contributed by atoms with E-state index in [-0.39, 0.29) is 29.6 Å². The van der Waals surface area contributed by atoms with Crippen LogP contribution < -0.4 is 5.32 Å². The quantitative estimate of drug-likeness (QED) is 0.529. The van der Waals surface area contributed by atoms with Gasteiger partial charge >= 0.3 is 0 Å². The fourth-order valence-corrected chi connectivity index (χ4v) is 7.52. The van der Waals surface area contributed by atoms with Gasteiger partial charge in [-0.15, -0.1) is 11.3 Å². The fraction of sp³-hybridized carbons (Fsp3) is 0.500. The molecule has 190 valence electrons. The standard InChI is InChI=1S/C28H32BrN3O3S/c1-35-24-13-18-8-11-31-22(15-20(25-7-3-12-36-25)26(31)19(18)14-21(24)29)28(34)32-10-4-9-30-16-23(32)27(33)17-5-2-6-17/h3,7,12-15,17-19,23,30H,2,4-6,8-11,16H2,1H3. The van der Waals surface area contributed by atoms with Crippen LogP contribution >= 0.6 is 27.3 Å². The van der Waals surface area contributed by atoms with Crippen LogP contribution in [0.4, 0.5) is 0 Å². The maximum Gasteiger partial charge on any atom is 0.271 e. The van der Waals surface area contributed by atoms with Crippen molar-refractivity contribution in [1.29, 1.82) is 0 Å². The van der Waals surface area contributed by atoms with E-state index in [0.717, 1.165) is 61.0 Å². The number of halogens is 1. The largest absolute Gasteiger partial charge is 0.496 e. The van der Waals surface area contributed by atoms with Gasteiger partial charge in [-0.1, -0.05) is 18.6 Å². The molecule has 1 amide bonds. The zero-order valence-corrected chi connectivity index (χ0v) is 22.9. The lowest BCUT2D eigenvalue weighted by Crippen LogP contribution is -2.51. The minimum absolute atomic E-state index is 0.00847. The number of ketones is 1. The third-order valence-electron chi connectivity index (χ3n) is 8.32. The number of carbonyl (C=O) groups excluding carboxylic acids is 2. The number of methoxy groups -OCH3 is 1. The predicted octanol–water partition coefficient (Wildman–Crippen LogP) is 5.32. The van der Waals surface area contributed by atoms with E-state index in [1.54, 1.807) is 18.4 Å².